The molecule has 23 heavy (non-hydrogen) atoms. The largest absolute Gasteiger partial charge is 0.378 e. The lowest BCUT2D eigenvalue weighted by atomic mass is 9.97. The van der Waals surface area contributed by atoms with Crippen molar-refractivity contribution in [1.82, 2.24) is 10.2 Å². The predicted molar refractivity (Wildman–Crippen MR) is 87.4 cm³/mol. The van der Waals surface area contributed by atoms with Crippen LogP contribution >= 0.6 is 0 Å². The molecule has 0 aromatic heterocycles. The van der Waals surface area contributed by atoms with Gasteiger partial charge in [-0.1, -0.05) is 12.1 Å². The van der Waals surface area contributed by atoms with Gasteiger partial charge in [0.2, 0.25) is 5.91 Å². The van der Waals surface area contributed by atoms with Gasteiger partial charge >= 0.3 is 0 Å². The minimum absolute atomic E-state index is 0.00808. The summed E-state index contributed by atoms with van der Waals surface area (Å²) in [5, 5.41) is 6.21. The molecule has 2 amide bonds. The van der Waals surface area contributed by atoms with Gasteiger partial charge in [-0.25, -0.2) is 0 Å². The van der Waals surface area contributed by atoms with E-state index in [1.165, 1.54) is 0 Å². The van der Waals surface area contributed by atoms with Gasteiger partial charge in [0.15, 0.2) is 0 Å². The summed E-state index contributed by atoms with van der Waals surface area (Å²) in [5.41, 5.74) is 1.16. The van der Waals surface area contributed by atoms with Crippen LogP contribution in [0.3, 0.4) is 0 Å². The maximum absolute atomic E-state index is 12.7. The number of rotatable bonds is 3. The van der Waals surface area contributed by atoms with Crippen LogP contribution in [0, 0.1) is 5.92 Å². The van der Waals surface area contributed by atoms with E-state index in [2.05, 4.69) is 10.6 Å². The summed E-state index contributed by atoms with van der Waals surface area (Å²) < 4.78 is 5.29. The summed E-state index contributed by atoms with van der Waals surface area (Å²) in [6.07, 6.45) is 1.68. The van der Waals surface area contributed by atoms with E-state index in [4.69, 9.17) is 4.74 Å². The van der Waals surface area contributed by atoms with Gasteiger partial charge in [-0.2, -0.15) is 0 Å². The van der Waals surface area contributed by atoms with Gasteiger partial charge in [0, 0.05) is 19.0 Å². The molecule has 6 nitrogen and oxygen atoms in total. The lowest BCUT2D eigenvalue weighted by Gasteiger charge is -2.28. The highest BCUT2D eigenvalue weighted by Crippen LogP contribution is 2.21. The van der Waals surface area contributed by atoms with Crippen LogP contribution in [0.2, 0.25) is 0 Å². The number of morpholine rings is 1. The zero-order valence-corrected chi connectivity index (χ0v) is 13.2. The van der Waals surface area contributed by atoms with Crippen molar-refractivity contribution in [3.8, 4) is 0 Å². The first-order valence-corrected chi connectivity index (χ1v) is 8.23. The SMILES string of the molecule is O=C(Nc1ccccc1C(=O)N1CCOCC1)C1CCNCC1. The monoisotopic (exact) mass is 317 g/mol. The number of benzene rings is 1. The standard InChI is InChI=1S/C17H23N3O3/c21-16(13-5-7-18-8-6-13)19-15-4-2-1-3-14(15)17(22)20-9-11-23-12-10-20/h1-4,13,18H,5-12H2,(H,19,21). The second-order valence-electron chi connectivity index (χ2n) is 5.96. The third kappa shape index (κ3) is 3.89. The normalized spacial score (nSPS) is 19.4. The topological polar surface area (TPSA) is 70.7 Å². The van der Waals surface area contributed by atoms with Crippen LogP contribution in [0.15, 0.2) is 24.3 Å². The fourth-order valence-corrected chi connectivity index (χ4v) is 3.03. The Morgan fingerprint density at radius 2 is 1.83 bits per heavy atom. The molecule has 2 heterocycles. The van der Waals surface area contributed by atoms with E-state index in [0.717, 1.165) is 25.9 Å². The molecule has 0 radical (unpaired) electrons. The number of piperidine rings is 1. The maximum atomic E-state index is 12.7. The van der Waals surface area contributed by atoms with Crippen molar-refractivity contribution in [2.75, 3.05) is 44.7 Å². The zero-order valence-electron chi connectivity index (χ0n) is 13.2. The molecule has 1 aromatic carbocycles. The van der Waals surface area contributed by atoms with Gasteiger partial charge in [-0.3, -0.25) is 9.59 Å². The summed E-state index contributed by atoms with van der Waals surface area (Å²) in [4.78, 5) is 26.9. The molecule has 0 atom stereocenters. The van der Waals surface area contributed by atoms with E-state index in [-0.39, 0.29) is 17.7 Å². The summed E-state index contributed by atoms with van der Waals surface area (Å²) in [5.74, 6) is -0.0222. The highest BCUT2D eigenvalue weighted by Gasteiger charge is 2.24. The zero-order chi connectivity index (χ0) is 16.1. The molecule has 2 aliphatic heterocycles. The molecule has 1 aromatic rings. The Hall–Kier alpha value is -1.92. The van der Waals surface area contributed by atoms with Crippen LogP contribution in [0.5, 0.6) is 0 Å². The van der Waals surface area contributed by atoms with Gasteiger partial charge in [-0.15, -0.1) is 0 Å². The fourth-order valence-electron chi connectivity index (χ4n) is 3.03. The average molecular weight is 317 g/mol. The Labute approximate surface area is 136 Å². The molecule has 0 spiro atoms. The lowest BCUT2D eigenvalue weighted by Crippen LogP contribution is -2.41. The number of carbonyl (C=O) groups is 2. The first-order valence-electron chi connectivity index (χ1n) is 8.23. The lowest BCUT2D eigenvalue weighted by molar-refractivity contribution is -0.120. The Balaban J connectivity index is 1.72. The van der Waals surface area contributed by atoms with Gasteiger partial charge in [0.25, 0.3) is 5.91 Å². The first kappa shape index (κ1) is 16.0. The molecule has 2 N–H and O–H groups in total. The van der Waals surface area contributed by atoms with Crippen molar-refractivity contribution in [3.05, 3.63) is 29.8 Å². The minimum Gasteiger partial charge on any atom is -0.378 e. The number of para-hydroxylation sites is 1. The van der Waals surface area contributed by atoms with Crippen LogP contribution in [-0.2, 0) is 9.53 Å². The minimum atomic E-state index is -0.0467. The fraction of sp³-hybridized carbons (Fsp3) is 0.529. The van der Waals surface area contributed by atoms with Gasteiger partial charge in [0.05, 0.1) is 24.5 Å². The van der Waals surface area contributed by atoms with E-state index in [1.807, 2.05) is 12.1 Å². The van der Waals surface area contributed by atoms with Crippen molar-refractivity contribution in [2.24, 2.45) is 5.92 Å². The van der Waals surface area contributed by atoms with Crippen molar-refractivity contribution < 1.29 is 14.3 Å². The molecule has 2 aliphatic rings. The Kier molecular flexibility index (Phi) is 5.25. The highest BCUT2D eigenvalue weighted by molar-refractivity contribution is 6.04. The summed E-state index contributed by atoms with van der Waals surface area (Å²) in [6.45, 7) is 4.05. The first-order chi connectivity index (χ1) is 11.3. The van der Waals surface area contributed by atoms with Gasteiger partial charge in [-0.05, 0) is 38.1 Å². The average Bonchev–Trinajstić information content (AvgIpc) is 2.63. The molecule has 2 fully saturated rings. The number of hydrogen-bond donors (Lipinski definition) is 2. The number of carbonyl (C=O) groups excluding carboxylic acids is 2. The van der Waals surface area contributed by atoms with Crippen molar-refractivity contribution in [2.45, 2.75) is 12.8 Å². The summed E-state index contributed by atoms with van der Waals surface area (Å²) in [7, 11) is 0. The third-order valence-corrected chi connectivity index (χ3v) is 4.42. The number of hydrogen-bond acceptors (Lipinski definition) is 4. The van der Waals surface area contributed by atoms with E-state index >= 15 is 0 Å². The summed E-state index contributed by atoms with van der Waals surface area (Å²) >= 11 is 0. The molecule has 0 unspecified atom stereocenters. The molecule has 3 rings (SSSR count). The number of anilines is 1. The van der Waals surface area contributed by atoms with Gasteiger partial charge < -0.3 is 20.3 Å². The molecule has 6 heteroatoms. The Morgan fingerprint density at radius 1 is 1.13 bits per heavy atom. The second-order valence-corrected chi connectivity index (χ2v) is 5.96. The Morgan fingerprint density at radius 3 is 2.57 bits per heavy atom. The molecular weight excluding hydrogens is 294 g/mol. The highest BCUT2D eigenvalue weighted by atomic mass is 16.5. The Bertz CT molecular complexity index is 564. The number of nitrogens with zero attached hydrogens (tertiary/aromatic N) is 1. The van der Waals surface area contributed by atoms with Crippen LogP contribution in [0.1, 0.15) is 23.2 Å². The van der Waals surface area contributed by atoms with Crippen LogP contribution in [-0.4, -0.2) is 56.1 Å². The molecule has 124 valence electrons. The smallest absolute Gasteiger partial charge is 0.256 e. The van der Waals surface area contributed by atoms with Crippen molar-refractivity contribution in [1.29, 1.82) is 0 Å². The second kappa shape index (κ2) is 7.57. The van der Waals surface area contributed by atoms with Crippen molar-refractivity contribution in [3.63, 3.8) is 0 Å². The van der Waals surface area contributed by atoms with E-state index in [0.29, 0.717) is 37.6 Å². The van der Waals surface area contributed by atoms with Gasteiger partial charge in [0.1, 0.15) is 0 Å². The number of ether oxygens (including phenoxy) is 1. The molecule has 0 saturated carbocycles. The van der Waals surface area contributed by atoms with Crippen molar-refractivity contribution >= 4 is 17.5 Å². The quantitative estimate of drug-likeness (QED) is 0.876. The van der Waals surface area contributed by atoms with E-state index < -0.39 is 0 Å². The molecule has 2 saturated heterocycles. The maximum Gasteiger partial charge on any atom is 0.256 e. The summed E-state index contributed by atoms with van der Waals surface area (Å²) in [6, 6.07) is 7.24. The van der Waals surface area contributed by atoms with Crippen LogP contribution in [0.4, 0.5) is 5.69 Å². The van der Waals surface area contributed by atoms with E-state index in [1.54, 1.807) is 17.0 Å². The van der Waals surface area contributed by atoms with Crippen LogP contribution in [0.25, 0.3) is 0 Å². The third-order valence-electron chi connectivity index (χ3n) is 4.42. The molecule has 0 bridgehead atoms. The van der Waals surface area contributed by atoms with E-state index in [9.17, 15) is 9.59 Å². The van der Waals surface area contributed by atoms with Crippen LogP contribution < -0.4 is 10.6 Å². The number of amides is 2. The predicted octanol–water partition coefficient (Wildman–Crippen LogP) is 1.10. The number of nitrogens with one attached hydrogen (secondary N) is 2. The molecular formula is C17H23N3O3. The molecule has 0 aliphatic carbocycles.